The van der Waals surface area contributed by atoms with E-state index in [2.05, 4.69) is 16.0 Å². The van der Waals surface area contributed by atoms with E-state index < -0.39 is 54.5 Å². The Morgan fingerprint density at radius 3 is 2.00 bits per heavy atom. The van der Waals surface area contributed by atoms with Crippen LogP contribution in [0.2, 0.25) is 0 Å². The maximum atomic E-state index is 12.6. The molecule has 0 aromatic carbocycles. The Morgan fingerprint density at radius 1 is 0.964 bits per heavy atom. The molecule has 0 radical (unpaired) electrons. The van der Waals surface area contributed by atoms with Crippen molar-refractivity contribution in [3.05, 3.63) is 0 Å². The van der Waals surface area contributed by atoms with Gasteiger partial charge in [0.1, 0.15) is 24.2 Å². The van der Waals surface area contributed by atoms with Crippen molar-refractivity contribution in [1.82, 2.24) is 16.0 Å². The zero-order valence-corrected chi connectivity index (χ0v) is 17.5. The van der Waals surface area contributed by atoms with Crippen molar-refractivity contribution in [3.63, 3.8) is 0 Å². The summed E-state index contributed by atoms with van der Waals surface area (Å²) in [6, 6.07) is -4.14. The van der Waals surface area contributed by atoms with Crippen LogP contribution in [0, 0.1) is 5.92 Å². The number of amides is 3. The fourth-order valence-corrected chi connectivity index (χ4v) is 2.71. The second-order valence-corrected chi connectivity index (χ2v) is 7.88. The Morgan fingerprint density at radius 2 is 1.54 bits per heavy atom. The van der Waals surface area contributed by atoms with E-state index in [1.807, 2.05) is 20.1 Å². The first-order valence-corrected chi connectivity index (χ1v) is 10.4. The molecule has 10 nitrogen and oxygen atoms in total. The number of carboxylic acid groups (broad SMARTS) is 1. The van der Waals surface area contributed by atoms with Crippen LogP contribution in [0.25, 0.3) is 0 Å². The summed E-state index contributed by atoms with van der Waals surface area (Å²) < 4.78 is 0. The predicted molar refractivity (Wildman–Crippen MR) is 107 cm³/mol. The van der Waals surface area contributed by atoms with Crippen molar-refractivity contribution in [2.24, 2.45) is 11.7 Å². The molecule has 7 N–H and O–H groups in total. The van der Waals surface area contributed by atoms with Crippen molar-refractivity contribution in [2.75, 3.05) is 18.6 Å². The van der Waals surface area contributed by atoms with Crippen LogP contribution >= 0.6 is 11.8 Å². The fourth-order valence-electron chi connectivity index (χ4n) is 2.23. The van der Waals surface area contributed by atoms with Gasteiger partial charge in [0.2, 0.25) is 17.7 Å². The van der Waals surface area contributed by atoms with Gasteiger partial charge in [0.15, 0.2) is 0 Å². The molecule has 0 heterocycles. The Hall–Kier alpha value is -1.85. The fraction of sp³-hybridized carbons (Fsp3) is 0.765. The van der Waals surface area contributed by atoms with E-state index in [-0.39, 0.29) is 12.3 Å². The summed E-state index contributed by atoms with van der Waals surface area (Å²) in [5.41, 5.74) is 5.39. The predicted octanol–water partition coefficient (Wildman–Crippen LogP) is -1.34. The molecule has 0 saturated carbocycles. The summed E-state index contributed by atoms with van der Waals surface area (Å²) in [5, 5.41) is 25.5. The van der Waals surface area contributed by atoms with E-state index in [4.69, 9.17) is 10.8 Å². The van der Waals surface area contributed by atoms with Crippen LogP contribution in [0.3, 0.4) is 0 Å². The summed E-state index contributed by atoms with van der Waals surface area (Å²) in [6.45, 7) is 4.58. The molecule has 0 bridgehead atoms. The second-order valence-electron chi connectivity index (χ2n) is 6.89. The molecule has 4 atom stereocenters. The number of nitrogens with two attached hydrogens (primary N) is 1. The van der Waals surface area contributed by atoms with E-state index in [1.165, 1.54) is 18.7 Å². The van der Waals surface area contributed by atoms with Crippen molar-refractivity contribution in [2.45, 2.75) is 57.8 Å². The molecule has 0 aromatic rings. The molecule has 0 rings (SSSR count). The van der Waals surface area contributed by atoms with Crippen LogP contribution in [-0.2, 0) is 19.2 Å². The van der Waals surface area contributed by atoms with Gasteiger partial charge < -0.3 is 31.9 Å². The lowest BCUT2D eigenvalue weighted by molar-refractivity contribution is -0.142. The second kappa shape index (κ2) is 13.3. The van der Waals surface area contributed by atoms with Crippen LogP contribution in [0.5, 0.6) is 0 Å². The number of aliphatic hydroxyl groups is 1. The third-order valence-electron chi connectivity index (χ3n) is 3.85. The lowest BCUT2D eigenvalue weighted by Crippen LogP contribution is -2.56. The molecular weight excluding hydrogens is 388 g/mol. The Kier molecular flexibility index (Phi) is 12.5. The molecule has 0 aliphatic heterocycles. The van der Waals surface area contributed by atoms with Crippen molar-refractivity contribution in [1.29, 1.82) is 0 Å². The monoisotopic (exact) mass is 420 g/mol. The van der Waals surface area contributed by atoms with E-state index in [0.29, 0.717) is 12.2 Å². The van der Waals surface area contributed by atoms with Crippen LogP contribution in [0.1, 0.15) is 33.6 Å². The third-order valence-corrected chi connectivity index (χ3v) is 4.49. The number of aliphatic carboxylic acids is 1. The van der Waals surface area contributed by atoms with Gasteiger partial charge in [-0.25, -0.2) is 4.79 Å². The molecule has 11 heteroatoms. The quantitative estimate of drug-likeness (QED) is 0.213. The molecule has 0 saturated heterocycles. The van der Waals surface area contributed by atoms with Gasteiger partial charge in [0.25, 0.3) is 0 Å². The number of nitrogens with one attached hydrogen (secondary N) is 3. The normalized spacial score (nSPS) is 15.2. The molecule has 162 valence electrons. The highest BCUT2D eigenvalue weighted by Crippen LogP contribution is 2.07. The Labute approximate surface area is 169 Å². The molecule has 0 fully saturated rings. The number of rotatable bonds is 13. The van der Waals surface area contributed by atoms with Gasteiger partial charge >= 0.3 is 5.97 Å². The number of aliphatic hydroxyl groups excluding tert-OH is 1. The zero-order valence-electron chi connectivity index (χ0n) is 16.7. The first kappa shape index (κ1) is 26.1. The van der Waals surface area contributed by atoms with Crippen molar-refractivity contribution in [3.8, 4) is 0 Å². The largest absolute Gasteiger partial charge is 0.480 e. The van der Waals surface area contributed by atoms with Crippen LogP contribution in [0.4, 0.5) is 0 Å². The number of hydrogen-bond acceptors (Lipinski definition) is 7. The van der Waals surface area contributed by atoms with Gasteiger partial charge in [-0.05, 0) is 37.7 Å². The lowest BCUT2D eigenvalue weighted by atomic mass is 10.0. The van der Waals surface area contributed by atoms with Gasteiger partial charge in [-0.15, -0.1) is 0 Å². The number of carboxylic acids is 1. The number of carbonyl (C=O) groups excluding carboxylic acids is 3. The van der Waals surface area contributed by atoms with Crippen LogP contribution in [0.15, 0.2) is 0 Å². The summed E-state index contributed by atoms with van der Waals surface area (Å²) >= 11 is 1.47. The minimum Gasteiger partial charge on any atom is -0.480 e. The molecule has 3 amide bonds. The zero-order chi connectivity index (χ0) is 21.9. The number of hydrogen-bond donors (Lipinski definition) is 6. The minimum atomic E-state index is -1.15. The Balaban J connectivity index is 5.04. The lowest BCUT2D eigenvalue weighted by Gasteiger charge is -2.24. The van der Waals surface area contributed by atoms with Crippen molar-refractivity contribution >= 4 is 35.5 Å². The van der Waals surface area contributed by atoms with E-state index in [9.17, 15) is 24.3 Å². The highest BCUT2D eigenvalue weighted by molar-refractivity contribution is 7.98. The minimum absolute atomic E-state index is 0.0539. The van der Waals surface area contributed by atoms with Gasteiger partial charge in [-0.2, -0.15) is 11.8 Å². The van der Waals surface area contributed by atoms with Gasteiger partial charge in [0, 0.05) is 0 Å². The molecule has 28 heavy (non-hydrogen) atoms. The van der Waals surface area contributed by atoms with E-state index in [1.54, 1.807) is 0 Å². The number of carbonyl (C=O) groups is 4. The van der Waals surface area contributed by atoms with Crippen LogP contribution in [-0.4, -0.2) is 76.7 Å². The maximum absolute atomic E-state index is 12.6. The maximum Gasteiger partial charge on any atom is 0.326 e. The number of thioether (sulfide) groups is 1. The molecule has 4 unspecified atom stereocenters. The Bertz CT molecular complexity index is 546. The molecule has 0 aromatic heterocycles. The van der Waals surface area contributed by atoms with Gasteiger partial charge in [0.05, 0.1) is 6.61 Å². The average molecular weight is 421 g/mol. The summed E-state index contributed by atoms with van der Waals surface area (Å²) in [7, 11) is 0. The SMILES string of the molecule is CSCCC(NC(=O)C(CC(C)C)NC(=O)C(C)NC(=O)C(N)CO)C(=O)O. The summed E-state index contributed by atoms with van der Waals surface area (Å²) in [5.74, 6) is -2.43. The molecule has 0 aliphatic rings. The standard InChI is InChI=1S/C17H32N4O6S/c1-9(2)7-13(16(25)20-12(17(26)27)5-6-28-4)21-14(23)10(3)19-15(24)11(18)8-22/h9-13,22H,5-8,18H2,1-4H3,(H,19,24)(H,20,25)(H,21,23)(H,26,27). The highest BCUT2D eigenvalue weighted by atomic mass is 32.2. The molecule has 0 aliphatic carbocycles. The first-order valence-electron chi connectivity index (χ1n) is 9.02. The molecule has 0 spiro atoms. The third kappa shape index (κ3) is 9.90. The first-order chi connectivity index (χ1) is 13.0. The summed E-state index contributed by atoms with van der Waals surface area (Å²) in [4.78, 5) is 47.9. The molecular formula is C17H32N4O6S. The average Bonchev–Trinajstić information content (AvgIpc) is 2.62. The van der Waals surface area contributed by atoms with E-state index >= 15 is 0 Å². The summed E-state index contributed by atoms with van der Waals surface area (Å²) in [6.07, 6.45) is 2.39. The van der Waals surface area contributed by atoms with Gasteiger partial charge in [-0.3, -0.25) is 14.4 Å². The van der Waals surface area contributed by atoms with Gasteiger partial charge in [-0.1, -0.05) is 13.8 Å². The topological polar surface area (TPSA) is 171 Å². The highest BCUT2D eigenvalue weighted by Gasteiger charge is 2.29. The van der Waals surface area contributed by atoms with Crippen molar-refractivity contribution < 1.29 is 29.4 Å². The van der Waals surface area contributed by atoms with E-state index in [0.717, 1.165) is 0 Å². The van der Waals surface area contributed by atoms with Crippen LogP contribution < -0.4 is 21.7 Å². The smallest absolute Gasteiger partial charge is 0.326 e.